The Bertz CT molecular complexity index is 684. The molecule has 26 heavy (non-hydrogen) atoms. The van der Waals surface area contributed by atoms with Crippen LogP contribution in [0.4, 0.5) is 0 Å². The molecule has 0 unspecified atom stereocenters. The van der Waals surface area contributed by atoms with Crippen molar-refractivity contribution in [3.8, 4) is 0 Å². The summed E-state index contributed by atoms with van der Waals surface area (Å²) in [5.74, 6) is 0.314. The third-order valence-electron chi connectivity index (χ3n) is 8.81. The molecule has 3 fully saturated rings. The van der Waals surface area contributed by atoms with Crippen molar-refractivity contribution in [2.45, 2.75) is 70.5 Å². The molecular weight excluding hydrogens is 332 g/mol. The summed E-state index contributed by atoms with van der Waals surface area (Å²) in [6, 6.07) is 0. The molecule has 5 heteroatoms. The van der Waals surface area contributed by atoms with Crippen molar-refractivity contribution >= 4 is 11.6 Å². The SMILES string of the molecule is C[C@]12[C@@H](O)C[C@H]3[C@@H](CCC4=CC(=O)CC[C@@]43C)[C@@H]1CC[C@]2(O)C(=O)CO. The van der Waals surface area contributed by atoms with E-state index in [1.54, 1.807) is 0 Å². The third-order valence-corrected chi connectivity index (χ3v) is 8.81. The average Bonchev–Trinajstić information content (AvgIpc) is 2.90. The van der Waals surface area contributed by atoms with Gasteiger partial charge >= 0.3 is 0 Å². The number of Topliss-reactive ketones (excluding diaryl/α,β-unsaturated/α-hetero) is 1. The summed E-state index contributed by atoms with van der Waals surface area (Å²) in [5, 5.41) is 31.7. The monoisotopic (exact) mass is 362 g/mol. The Labute approximate surface area is 154 Å². The van der Waals surface area contributed by atoms with Gasteiger partial charge in [-0.25, -0.2) is 0 Å². The highest BCUT2D eigenvalue weighted by Gasteiger charge is 2.69. The van der Waals surface area contributed by atoms with E-state index in [1.165, 1.54) is 5.57 Å². The van der Waals surface area contributed by atoms with Gasteiger partial charge in [-0.2, -0.15) is 0 Å². The number of aliphatic hydroxyl groups excluding tert-OH is 2. The Morgan fingerprint density at radius 1 is 1.19 bits per heavy atom. The fraction of sp³-hybridized carbons (Fsp3) is 0.810. The van der Waals surface area contributed by atoms with E-state index in [4.69, 9.17) is 0 Å². The number of ketones is 2. The summed E-state index contributed by atoms with van der Waals surface area (Å²) >= 11 is 0. The minimum Gasteiger partial charge on any atom is -0.392 e. The lowest BCUT2D eigenvalue weighted by Gasteiger charge is -2.60. The molecule has 0 radical (unpaired) electrons. The number of carbonyl (C=O) groups excluding carboxylic acids is 2. The van der Waals surface area contributed by atoms with Crippen molar-refractivity contribution in [3.05, 3.63) is 11.6 Å². The van der Waals surface area contributed by atoms with Crippen LogP contribution in [-0.4, -0.2) is 45.2 Å². The number of allylic oxidation sites excluding steroid dienone is 1. The summed E-state index contributed by atoms with van der Waals surface area (Å²) in [5.41, 5.74) is -1.39. The molecule has 4 aliphatic carbocycles. The van der Waals surface area contributed by atoms with Gasteiger partial charge in [0.2, 0.25) is 0 Å². The predicted molar refractivity (Wildman–Crippen MR) is 95.1 cm³/mol. The highest BCUT2D eigenvalue weighted by molar-refractivity contribution is 5.91. The van der Waals surface area contributed by atoms with Crippen LogP contribution in [0.2, 0.25) is 0 Å². The standard InChI is InChI=1S/C21H30O5/c1-19-7-5-13(23)9-12(19)3-4-14-15-6-8-21(26,18(25)11-22)20(15,2)17(24)10-16(14)19/h9,14-17,22,24,26H,3-8,10-11H2,1-2H3/t14-,15-,16-,17-,19-,20+,21-/m0/s1. The summed E-state index contributed by atoms with van der Waals surface area (Å²) in [4.78, 5) is 24.3. The molecule has 3 N–H and O–H groups in total. The Morgan fingerprint density at radius 2 is 1.92 bits per heavy atom. The quantitative estimate of drug-likeness (QED) is 0.696. The summed E-state index contributed by atoms with van der Waals surface area (Å²) < 4.78 is 0. The maximum absolute atomic E-state index is 12.4. The molecule has 3 saturated carbocycles. The van der Waals surface area contributed by atoms with E-state index in [2.05, 4.69) is 6.92 Å². The Balaban J connectivity index is 1.73. The maximum Gasteiger partial charge on any atom is 0.190 e. The van der Waals surface area contributed by atoms with Crippen molar-refractivity contribution in [1.29, 1.82) is 0 Å². The predicted octanol–water partition coefficient (Wildman–Crippen LogP) is 1.78. The summed E-state index contributed by atoms with van der Waals surface area (Å²) in [6.45, 7) is 3.39. The molecule has 0 saturated heterocycles. The molecule has 7 atom stereocenters. The van der Waals surface area contributed by atoms with Crippen molar-refractivity contribution < 1.29 is 24.9 Å². The van der Waals surface area contributed by atoms with E-state index in [9.17, 15) is 24.9 Å². The molecular formula is C21H30O5. The molecule has 5 nitrogen and oxygen atoms in total. The normalized spacial score (nSPS) is 50.5. The third kappa shape index (κ3) is 2.08. The van der Waals surface area contributed by atoms with E-state index in [-0.39, 0.29) is 23.0 Å². The average molecular weight is 362 g/mol. The van der Waals surface area contributed by atoms with Gasteiger partial charge in [0, 0.05) is 11.8 Å². The van der Waals surface area contributed by atoms with Crippen LogP contribution in [0.25, 0.3) is 0 Å². The van der Waals surface area contributed by atoms with E-state index in [0.717, 1.165) is 19.3 Å². The largest absolute Gasteiger partial charge is 0.392 e. The van der Waals surface area contributed by atoms with Crippen molar-refractivity contribution in [2.24, 2.45) is 28.6 Å². The second kappa shape index (κ2) is 5.73. The van der Waals surface area contributed by atoms with Gasteiger partial charge in [0.25, 0.3) is 0 Å². The first-order valence-corrected chi connectivity index (χ1v) is 9.97. The van der Waals surface area contributed by atoms with Crippen LogP contribution in [0.15, 0.2) is 11.6 Å². The molecule has 0 spiro atoms. The summed E-state index contributed by atoms with van der Waals surface area (Å²) in [6.07, 6.45) is 5.82. The van der Waals surface area contributed by atoms with Crippen LogP contribution in [0.5, 0.6) is 0 Å². The van der Waals surface area contributed by atoms with Crippen LogP contribution in [0, 0.1) is 28.6 Å². The Hall–Kier alpha value is -1.04. The van der Waals surface area contributed by atoms with Crippen molar-refractivity contribution in [2.75, 3.05) is 6.61 Å². The minimum atomic E-state index is -1.64. The molecule has 0 amide bonds. The van der Waals surface area contributed by atoms with E-state index < -0.39 is 29.5 Å². The van der Waals surface area contributed by atoms with Crippen LogP contribution < -0.4 is 0 Å². The second-order valence-corrected chi connectivity index (χ2v) is 9.48. The number of fused-ring (bicyclic) bond motifs is 5. The lowest BCUT2D eigenvalue weighted by atomic mass is 9.45. The Morgan fingerprint density at radius 3 is 2.62 bits per heavy atom. The number of rotatable bonds is 2. The molecule has 0 heterocycles. The molecule has 4 rings (SSSR count). The van der Waals surface area contributed by atoms with Crippen LogP contribution in [0.1, 0.15) is 58.8 Å². The first-order chi connectivity index (χ1) is 12.2. The van der Waals surface area contributed by atoms with Gasteiger partial charge < -0.3 is 15.3 Å². The smallest absolute Gasteiger partial charge is 0.190 e. The molecule has 0 aromatic carbocycles. The van der Waals surface area contributed by atoms with Crippen LogP contribution in [-0.2, 0) is 9.59 Å². The Kier molecular flexibility index (Phi) is 4.04. The zero-order chi connectivity index (χ0) is 18.9. The first-order valence-electron chi connectivity index (χ1n) is 9.97. The van der Waals surface area contributed by atoms with E-state index in [0.29, 0.717) is 31.6 Å². The number of carbonyl (C=O) groups is 2. The number of hydrogen-bond donors (Lipinski definition) is 3. The maximum atomic E-state index is 12.4. The van der Waals surface area contributed by atoms with Gasteiger partial charge in [-0.3, -0.25) is 9.59 Å². The van der Waals surface area contributed by atoms with Gasteiger partial charge in [0.05, 0.1) is 6.10 Å². The van der Waals surface area contributed by atoms with Gasteiger partial charge in [0.15, 0.2) is 11.6 Å². The lowest BCUT2D eigenvalue weighted by Crippen LogP contribution is -2.63. The van der Waals surface area contributed by atoms with Crippen LogP contribution >= 0.6 is 0 Å². The van der Waals surface area contributed by atoms with Gasteiger partial charge in [-0.15, -0.1) is 0 Å². The minimum absolute atomic E-state index is 0.0627. The van der Waals surface area contributed by atoms with E-state index >= 15 is 0 Å². The first kappa shape index (κ1) is 18.3. The van der Waals surface area contributed by atoms with Crippen LogP contribution in [0.3, 0.4) is 0 Å². The molecule has 0 bridgehead atoms. The van der Waals surface area contributed by atoms with Gasteiger partial charge in [0.1, 0.15) is 12.2 Å². The van der Waals surface area contributed by atoms with Crippen molar-refractivity contribution in [1.82, 2.24) is 0 Å². The fourth-order valence-electron chi connectivity index (χ4n) is 7.15. The lowest BCUT2D eigenvalue weighted by molar-refractivity contribution is -0.195. The number of hydrogen-bond acceptors (Lipinski definition) is 5. The fourth-order valence-corrected chi connectivity index (χ4v) is 7.15. The molecule has 0 aliphatic heterocycles. The highest BCUT2D eigenvalue weighted by atomic mass is 16.3. The number of aliphatic hydroxyl groups is 3. The molecule has 0 aromatic heterocycles. The topological polar surface area (TPSA) is 94.8 Å². The molecule has 4 aliphatic rings. The summed E-state index contributed by atoms with van der Waals surface area (Å²) in [7, 11) is 0. The zero-order valence-corrected chi connectivity index (χ0v) is 15.7. The second-order valence-electron chi connectivity index (χ2n) is 9.48. The molecule has 0 aromatic rings. The molecule has 144 valence electrons. The van der Waals surface area contributed by atoms with Gasteiger partial charge in [-0.1, -0.05) is 19.4 Å². The van der Waals surface area contributed by atoms with Gasteiger partial charge in [-0.05, 0) is 67.8 Å². The zero-order valence-electron chi connectivity index (χ0n) is 15.7. The van der Waals surface area contributed by atoms with Crippen molar-refractivity contribution in [3.63, 3.8) is 0 Å². The van der Waals surface area contributed by atoms with E-state index in [1.807, 2.05) is 13.0 Å². The highest BCUT2D eigenvalue weighted by Crippen LogP contribution is 2.67.